The molecule has 0 aliphatic carbocycles. The molecule has 6 nitrogen and oxygen atoms in total. The number of aliphatic hydroxyl groups is 1. The number of aliphatic hydroxyl groups excluding tert-OH is 1. The zero-order valence-corrected chi connectivity index (χ0v) is 20.6. The summed E-state index contributed by atoms with van der Waals surface area (Å²) >= 11 is 6.00. The van der Waals surface area contributed by atoms with E-state index in [4.69, 9.17) is 16.3 Å². The molecule has 0 aromatic heterocycles. The summed E-state index contributed by atoms with van der Waals surface area (Å²) in [6.45, 7) is 0.311. The van der Waals surface area contributed by atoms with Crippen LogP contribution in [-0.2, 0) is 16.0 Å². The molecule has 1 atom stereocenters. The molecule has 1 amide bonds. The Hall–Kier alpha value is -3.77. The average molecular weight is 491 g/mol. The highest BCUT2D eigenvalue weighted by molar-refractivity contribution is 6.46. The van der Waals surface area contributed by atoms with Crippen LogP contribution in [0.15, 0.2) is 78.4 Å². The maximum atomic E-state index is 13.2. The molecule has 1 heterocycles. The van der Waals surface area contributed by atoms with Gasteiger partial charge in [0.2, 0.25) is 0 Å². The Morgan fingerprint density at radius 1 is 0.971 bits per heavy atom. The number of halogens is 1. The van der Waals surface area contributed by atoms with E-state index in [2.05, 4.69) is 0 Å². The van der Waals surface area contributed by atoms with Crippen molar-refractivity contribution in [2.24, 2.45) is 0 Å². The van der Waals surface area contributed by atoms with Crippen molar-refractivity contribution in [2.75, 3.05) is 32.6 Å². The van der Waals surface area contributed by atoms with Gasteiger partial charge in [0.1, 0.15) is 11.5 Å². The Morgan fingerprint density at radius 3 is 2.17 bits per heavy atom. The summed E-state index contributed by atoms with van der Waals surface area (Å²) in [6, 6.07) is 21.1. The van der Waals surface area contributed by atoms with Crippen molar-refractivity contribution in [2.45, 2.75) is 12.5 Å². The molecule has 1 N–H and O–H groups in total. The number of nitrogens with zero attached hydrogens (tertiary/aromatic N) is 2. The lowest BCUT2D eigenvalue weighted by Gasteiger charge is -2.26. The standard InChI is InChI=1S/C28H27ClN2O4/c1-30(2)22-12-6-19(7-13-22)25-24(26(32)20-8-14-23(35-3)15-9-20)27(33)28(34)31(25)17-16-18-4-10-21(29)11-5-18/h4-15,25,32H,16-17H2,1-3H3/b26-24-. The van der Waals surface area contributed by atoms with E-state index in [0.717, 1.165) is 16.8 Å². The van der Waals surface area contributed by atoms with Gasteiger partial charge in [-0.15, -0.1) is 0 Å². The molecule has 3 aromatic carbocycles. The Bertz CT molecular complexity index is 1250. The van der Waals surface area contributed by atoms with Crippen LogP contribution in [0.4, 0.5) is 5.69 Å². The van der Waals surface area contributed by atoms with Gasteiger partial charge in [0.25, 0.3) is 11.7 Å². The van der Waals surface area contributed by atoms with Crippen LogP contribution >= 0.6 is 11.6 Å². The van der Waals surface area contributed by atoms with Gasteiger partial charge in [-0.3, -0.25) is 9.59 Å². The summed E-state index contributed by atoms with van der Waals surface area (Å²) in [6.07, 6.45) is 0.541. The van der Waals surface area contributed by atoms with E-state index in [1.54, 1.807) is 43.5 Å². The maximum Gasteiger partial charge on any atom is 0.295 e. The molecule has 3 aromatic rings. The van der Waals surface area contributed by atoms with Gasteiger partial charge in [0.15, 0.2) is 0 Å². The Kier molecular flexibility index (Phi) is 7.12. The monoisotopic (exact) mass is 490 g/mol. The van der Waals surface area contributed by atoms with Crippen LogP contribution in [0.5, 0.6) is 5.75 Å². The molecule has 1 unspecified atom stereocenters. The number of carbonyl (C=O) groups excluding carboxylic acids is 2. The third kappa shape index (κ3) is 5.03. The summed E-state index contributed by atoms with van der Waals surface area (Å²) in [5.41, 5.74) is 3.25. The van der Waals surface area contributed by atoms with E-state index in [9.17, 15) is 14.7 Å². The molecular formula is C28H27ClN2O4. The smallest absolute Gasteiger partial charge is 0.295 e. The van der Waals surface area contributed by atoms with E-state index in [0.29, 0.717) is 29.3 Å². The Labute approximate surface area is 210 Å². The predicted molar refractivity (Wildman–Crippen MR) is 138 cm³/mol. The number of ether oxygens (including phenoxy) is 1. The van der Waals surface area contributed by atoms with E-state index in [-0.39, 0.29) is 11.3 Å². The summed E-state index contributed by atoms with van der Waals surface area (Å²) in [5.74, 6) is -0.908. The number of hydrogen-bond donors (Lipinski definition) is 1. The van der Waals surface area contributed by atoms with Gasteiger partial charge in [0, 0.05) is 36.9 Å². The maximum absolute atomic E-state index is 13.2. The first-order valence-corrected chi connectivity index (χ1v) is 11.6. The highest BCUT2D eigenvalue weighted by atomic mass is 35.5. The molecule has 0 bridgehead atoms. The zero-order valence-electron chi connectivity index (χ0n) is 19.9. The van der Waals surface area contributed by atoms with Crippen LogP contribution in [0.1, 0.15) is 22.7 Å². The van der Waals surface area contributed by atoms with Crippen molar-refractivity contribution in [1.82, 2.24) is 4.90 Å². The van der Waals surface area contributed by atoms with Gasteiger partial charge < -0.3 is 19.6 Å². The molecule has 1 aliphatic rings. The summed E-state index contributed by atoms with van der Waals surface area (Å²) in [7, 11) is 5.44. The molecule has 0 radical (unpaired) electrons. The highest BCUT2D eigenvalue weighted by Crippen LogP contribution is 2.40. The molecule has 1 saturated heterocycles. The van der Waals surface area contributed by atoms with Crippen molar-refractivity contribution in [3.8, 4) is 5.75 Å². The number of Topliss-reactive ketones (excluding diaryl/α,β-unsaturated/α-hetero) is 1. The first kappa shape index (κ1) is 24.4. The predicted octanol–water partition coefficient (Wildman–Crippen LogP) is 5.08. The van der Waals surface area contributed by atoms with Gasteiger partial charge in [-0.2, -0.15) is 0 Å². The first-order chi connectivity index (χ1) is 16.8. The molecule has 1 aliphatic heterocycles. The molecule has 180 valence electrons. The minimum absolute atomic E-state index is 0.0777. The molecule has 0 saturated carbocycles. The lowest BCUT2D eigenvalue weighted by Crippen LogP contribution is -2.31. The second kappa shape index (κ2) is 10.2. The van der Waals surface area contributed by atoms with Gasteiger partial charge in [-0.1, -0.05) is 35.9 Å². The van der Waals surface area contributed by atoms with Crippen LogP contribution in [0.25, 0.3) is 5.76 Å². The fraction of sp³-hybridized carbons (Fsp3) is 0.214. The topological polar surface area (TPSA) is 70.1 Å². The third-order valence-electron chi connectivity index (χ3n) is 6.18. The van der Waals surface area contributed by atoms with E-state index in [1.165, 1.54) is 4.90 Å². The minimum Gasteiger partial charge on any atom is -0.507 e. The number of rotatable bonds is 7. The quantitative estimate of drug-likeness (QED) is 0.284. The van der Waals surface area contributed by atoms with Crippen molar-refractivity contribution < 1.29 is 19.4 Å². The Morgan fingerprint density at radius 2 is 1.60 bits per heavy atom. The highest BCUT2D eigenvalue weighted by Gasteiger charge is 2.45. The largest absolute Gasteiger partial charge is 0.507 e. The first-order valence-electron chi connectivity index (χ1n) is 11.2. The lowest BCUT2D eigenvalue weighted by atomic mass is 9.95. The number of carbonyl (C=O) groups is 2. The summed E-state index contributed by atoms with van der Waals surface area (Å²) < 4.78 is 5.19. The van der Waals surface area contributed by atoms with E-state index < -0.39 is 17.7 Å². The van der Waals surface area contributed by atoms with Gasteiger partial charge >= 0.3 is 0 Å². The van der Waals surface area contributed by atoms with Crippen LogP contribution in [0.3, 0.4) is 0 Å². The molecule has 0 spiro atoms. The number of methoxy groups -OCH3 is 1. The van der Waals surface area contributed by atoms with Crippen LogP contribution in [0, 0.1) is 0 Å². The Balaban J connectivity index is 1.76. The number of amides is 1. The summed E-state index contributed by atoms with van der Waals surface area (Å²) in [5, 5.41) is 11.8. The van der Waals surface area contributed by atoms with Crippen LogP contribution < -0.4 is 9.64 Å². The normalized spacial score (nSPS) is 17.0. The SMILES string of the molecule is COc1ccc(/C(O)=C2/C(=O)C(=O)N(CCc3ccc(Cl)cc3)C2c2ccc(N(C)C)cc2)cc1. The van der Waals surface area contributed by atoms with Crippen molar-refractivity contribution in [3.63, 3.8) is 0 Å². The minimum atomic E-state index is -0.708. The number of benzene rings is 3. The second-order valence-electron chi connectivity index (χ2n) is 8.58. The second-order valence-corrected chi connectivity index (χ2v) is 9.02. The molecule has 4 rings (SSSR count). The van der Waals surface area contributed by atoms with Crippen LogP contribution in [-0.4, -0.2) is 49.4 Å². The lowest BCUT2D eigenvalue weighted by molar-refractivity contribution is -0.139. The fourth-order valence-electron chi connectivity index (χ4n) is 4.22. The number of likely N-dealkylation sites (tertiary alicyclic amines) is 1. The van der Waals surface area contributed by atoms with E-state index >= 15 is 0 Å². The van der Waals surface area contributed by atoms with Crippen molar-refractivity contribution in [3.05, 3.63) is 100 Å². The summed E-state index contributed by atoms with van der Waals surface area (Å²) in [4.78, 5) is 29.9. The van der Waals surface area contributed by atoms with Gasteiger partial charge in [0.05, 0.1) is 18.7 Å². The number of anilines is 1. The number of hydrogen-bond acceptors (Lipinski definition) is 5. The zero-order chi connectivity index (χ0) is 25.1. The molecule has 1 fully saturated rings. The third-order valence-corrected chi connectivity index (χ3v) is 6.44. The molecular weight excluding hydrogens is 464 g/mol. The molecule has 7 heteroatoms. The fourth-order valence-corrected chi connectivity index (χ4v) is 4.34. The average Bonchev–Trinajstić information content (AvgIpc) is 3.13. The van der Waals surface area contributed by atoms with E-state index in [1.807, 2.05) is 55.4 Å². The van der Waals surface area contributed by atoms with Crippen LogP contribution in [0.2, 0.25) is 5.02 Å². The number of ketones is 1. The van der Waals surface area contributed by atoms with Gasteiger partial charge in [-0.25, -0.2) is 0 Å². The van der Waals surface area contributed by atoms with Gasteiger partial charge in [-0.05, 0) is 66.1 Å². The molecule has 35 heavy (non-hydrogen) atoms. The van der Waals surface area contributed by atoms with Crippen molar-refractivity contribution in [1.29, 1.82) is 0 Å². The van der Waals surface area contributed by atoms with Crippen molar-refractivity contribution >= 4 is 34.7 Å².